The number of ether oxygens (including phenoxy) is 2. The fraction of sp³-hybridized carbons (Fsp3) is 0.500. The molecule has 2 heterocycles. The molecule has 0 aromatic heterocycles. The predicted octanol–water partition coefficient (Wildman–Crippen LogP) is 4.07. The number of aryl methyl sites for hydroxylation is 1. The molecule has 0 unspecified atom stereocenters. The molecule has 2 atom stereocenters. The fourth-order valence-corrected chi connectivity index (χ4v) is 5.16. The van der Waals surface area contributed by atoms with Crippen LogP contribution in [0, 0.1) is 12.8 Å². The summed E-state index contributed by atoms with van der Waals surface area (Å²) in [6.45, 7) is 5.95. The van der Waals surface area contributed by atoms with Gasteiger partial charge in [-0.3, -0.25) is 9.69 Å². The van der Waals surface area contributed by atoms with Crippen molar-refractivity contribution in [3.8, 4) is 11.5 Å². The van der Waals surface area contributed by atoms with Gasteiger partial charge in [0.25, 0.3) is 0 Å². The van der Waals surface area contributed by atoms with E-state index < -0.39 is 0 Å². The fourth-order valence-electron chi connectivity index (χ4n) is 5.16. The molecule has 0 N–H and O–H groups in total. The van der Waals surface area contributed by atoms with E-state index in [4.69, 9.17) is 9.47 Å². The highest BCUT2D eigenvalue weighted by Gasteiger charge is 2.39. The number of hydrogen-bond donors (Lipinski definition) is 0. The summed E-state index contributed by atoms with van der Waals surface area (Å²) in [7, 11) is 3.25. The lowest BCUT2D eigenvalue weighted by atomic mass is 9.98. The summed E-state index contributed by atoms with van der Waals surface area (Å²) < 4.78 is 10.7. The summed E-state index contributed by atoms with van der Waals surface area (Å²) in [5, 5.41) is 0. The number of rotatable bonds is 6. The first-order valence-corrected chi connectivity index (χ1v) is 11.4. The van der Waals surface area contributed by atoms with Crippen LogP contribution < -0.4 is 9.47 Å². The van der Waals surface area contributed by atoms with Crippen molar-refractivity contribution >= 4 is 5.91 Å². The van der Waals surface area contributed by atoms with Crippen LogP contribution >= 0.6 is 0 Å². The van der Waals surface area contributed by atoms with Crippen LogP contribution in [0.15, 0.2) is 42.5 Å². The normalized spacial score (nSPS) is 21.5. The minimum Gasteiger partial charge on any atom is -0.493 e. The van der Waals surface area contributed by atoms with Crippen LogP contribution in [0.1, 0.15) is 36.0 Å². The number of carbonyl (C=O) groups is 1. The van der Waals surface area contributed by atoms with E-state index in [1.807, 2.05) is 18.2 Å². The molecular formula is C26H34N2O3. The zero-order valence-electron chi connectivity index (χ0n) is 19.0. The Kier molecular flexibility index (Phi) is 6.81. The van der Waals surface area contributed by atoms with Gasteiger partial charge in [-0.2, -0.15) is 0 Å². The Bertz CT molecular complexity index is 913. The highest BCUT2D eigenvalue weighted by Crippen LogP contribution is 2.32. The molecule has 2 aliphatic heterocycles. The van der Waals surface area contributed by atoms with Crippen molar-refractivity contribution in [1.82, 2.24) is 9.80 Å². The Morgan fingerprint density at radius 1 is 1.00 bits per heavy atom. The molecule has 2 saturated heterocycles. The monoisotopic (exact) mass is 422 g/mol. The van der Waals surface area contributed by atoms with Crippen LogP contribution in [0.3, 0.4) is 0 Å². The molecule has 1 amide bonds. The van der Waals surface area contributed by atoms with Gasteiger partial charge in [0.2, 0.25) is 5.91 Å². The third kappa shape index (κ3) is 5.04. The molecule has 2 aromatic rings. The van der Waals surface area contributed by atoms with Gasteiger partial charge in [-0.05, 0) is 55.5 Å². The first kappa shape index (κ1) is 21.7. The van der Waals surface area contributed by atoms with Gasteiger partial charge in [0.15, 0.2) is 11.5 Å². The Labute approximate surface area is 185 Å². The largest absolute Gasteiger partial charge is 0.493 e. The third-order valence-electron chi connectivity index (χ3n) is 6.77. The van der Waals surface area contributed by atoms with E-state index in [-0.39, 0.29) is 5.91 Å². The van der Waals surface area contributed by atoms with Crippen molar-refractivity contribution in [3.63, 3.8) is 0 Å². The molecule has 0 saturated carbocycles. The number of nitrogens with zero attached hydrogens (tertiary/aromatic N) is 2. The number of hydrogen-bond acceptors (Lipinski definition) is 4. The van der Waals surface area contributed by atoms with Crippen molar-refractivity contribution in [1.29, 1.82) is 0 Å². The summed E-state index contributed by atoms with van der Waals surface area (Å²) in [6.07, 6.45) is 4.12. The van der Waals surface area contributed by atoms with E-state index in [1.54, 1.807) is 14.2 Å². The highest BCUT2D eigenvalue weighted by atomic mass is 16.5. The standard InChI is InChI=1S/C26H34N2O3/c1-19-7-6-8-21(13-19)16-27-12-5-4-9-22-17-28(18-23(22)27)26(29)15-20-10-11-24(30-2)25(14-20)31-3/h6-8,10-11,13-14,22-23H,4-5,9,12,15-18H2,1-3H3/t22-,23+/m0/s1. The molecule has 2 aliphatic rings. The first-order valence-electron chi connectivity index (χ1n) is 11.4. The lowest BCUT2D eigenvalue weighted by molar-refractivity contribution is -0.129. The average molecular weight is 423 g/mol. The topological polar surface area (TPSA) is 42.0 Å². The van der Waals surface area contributed by atoms with Crippen molar-refractivity contribution in [2.24, 2.45) is 5.92 Å². The molecule has 0 aliphatic carbocycles. The van der Waals surface area contributed by atoms with Crippen LogP contribution in [-0.2, 0) is 17.8 Å². The average Bonchev–Trinajstić information content (AvgIpc) is 3.11. The van der Waals surface area contributed by atoms with Gasteiger partial charge in [-0.25, -0.2) is 0 Å². The molecule has 4 rings (SSSR count). The molecule has 166 valence electrons. The van der Waals surface area contributed by atoms with Crippen LogP contribution in [-0.4, -0.2) is 55.6 Å². The maximum atomic E-state index is 13.1. The van der Waals surface area contributed by atoms with Gasteiger partial charge in [0, 0.05) is 25.7 Å². The second-order valence-corrected chi connectivity index (χ2v) is 8.95. The van der Waals surface area contributed by atoms with Crippen molar-refractivity contribution in [2.75, 3.05) is 33.9 Å². The quantitative estimate of drug-likeness (QED) is 0.704. The summed E-state index contributed by atoms with van der Waals surface area (Å²) in [6, 6.07) is 15.0. The van der Waals surface area contributed by atoms with Crippen LogP contribution in [0.2, 0.25) is 0 Å². The Morgan fingerprint density at radius 3 is 2.61 bits per heavy atom. The molecular weight excluding hydrogens is 388 g/mol. The van der Waals surface area contributed by atoms with E-state index in [9.17, 15) is 4.79 Å². The van der Waals surface area contributed by atoms with Crippen molar-refractivity contribution < 1.29 is 14.3 Å². The Hall–Kier alpha value is -2.53. The summed E-state index contributed by atoms with van der Waals surface area (Å²) in [5.74, 6) is 2.13. The minimum atomic E-state index is 0.204. The highest BCUT2D eigenvalue weighted by molar-refractivity contribution is 5.79. The van der Waals surface area contributed by atoms with Crippen molar-refractivity contribution in [3.05, 3.63) is 59.2 Å². The first-order chi connectivity index (χ1) is 15.1. The molecule has 31 heavy (non-hydrogen) atoms. The molecule has 5 nitrogen and oxygen atoms in total. The molecule has 5 heteroatoms. The van der Waals surface area contributed by atoms with Crippen LogP contribution in [0.4, 0.5) is 0 Å². The summed E-state index contributed by atoms with van der Waals surface area (Å²) in [5.41, 5.74) is 3.64. The van der Waals surface area contributed by atoms with Gasteiger partial charge >= 0.3 is 0 Å². The molecule has 0 bridgehead atoms. The summed E-state index contributed by atoms with van der Waals surface area (Å²) >= 11 is 0. The second-order valence-electron chi connectivity index (χ2n) is 8.95. The second kappa shape index (κ2) is 9.73. The van der Waals surface area contributed by atoms with E-state index in [1.165, 1.54) is 30.4 Å². The molecule has 2 aromatic carbocycles. The Morgan fingerprint density at radius 2 is 1.84 bits per heavy atom. The maximum Gasteiger partial charge on any atom is 0.227 e. The number of fused-ring (bicyclic) bond motifs is 1. The van der Waals surface area contributed by atoms with Crippen LogP contribution in [0.5, 0.6) is 11.5 Å². The maximum absolute atomic E-state index is 13.1. The Balaban J connectivity index is 1.44. The number of benzene rings is 2. The third-order valence-corrected chi connectivity index (χ3v) is 6.77. The number of amides is 1. The molecule has 0 spiro atoms. The zero-order valence-corrected chi connectivity index (χ0v) is 19.0. The van der Waals surface area contributed by atoms with Gasteiger partial charge < -0.3 is 14.4 Å². The zero-order chi connectivity index (χ0) is 21.8. The van der Waals surface area contributed by atoms with Gasteiger partial charge in [0.05, 0.1) is 20.6 Å². The smallest absolute Gasteiger partial charge is 0.227 e. The predicted molar refractivity (Wildman–Crippen MR) is 123 cm³/mol. The lowest BCUT2D eigenvalue weighted by Crippen LogP contribution is -2.40. The molecule has 2 fully saturated rings. The van der Waals surface area contributed by atoms with Crippen LogP contribution in [0.25, 0.3) is 0 Å². The number of likely N-dealkylation sites (tertiary alicyclic amines) is 2. The number of methoxy groups -OCH3 is 2. The van der Waals surface area contributed by atoms with E-state index in [0.717, 1.165) is 31.7 Å². The van der Waals surface area contributed by atoms with Crippen molar-refractivity contribution in [2.45, 2.75) is 45.2 Å². The lowest BCUT2D eigenvalue weighted by Gasteiger charge is -2.30. The van der Waals surface area contributed by atoms with E-state index >= 15 is 0 Å². The van der Waals surface area contributed by atoms with Gasteiger partial charge in [0.1, 0.15) is 0 Å². The minimum absolute atomic E-state index is 0.204. The summed E-state index contributed by atoms with van der Waals surface area (Å²) in [4.78, 5) is 17.8. The van der Waals surface area contributed by atoms with Gasteiger partial charge in [-0.15, -0.1) is 0 Å². The SMILES string of the molecule is COc1ccc(CC(=O)N2C[C@@H]3CCCCN(Cc4cccc(C)c4)[C@@H]3C2)cc1OC. The molecule has 0 radical (unpaired) electrons. The van der Waals surface area contributed by atoms with Gasteiger partial charge in [-0.1, -0.05) is 42.3 Å². The van der Waals surface area contributed by atoms with E-state index in [2.05, 4.69) is 41.0 Å². The van der Waals surface area contributed by atoms with E-state index in [0.29, 0.717) is 29.9 Å². The number of carbonyl (C=O) groups excluding carboxylic acids is 1.